The van der Waals surface area contributed by atoms with Crippen LogP contribution in [0.3, 0.4) is 0 Å². The average molecular weight is 808 g/mol. The van der Waals surface area contributed by atoms with E-state index < -0.39 is 0 Å². The van der Waals surface area contributed by atoms with Crippen LogP contribution in [-0.2, 0) is 16.2 Å². The maximum Gasteiger partial charge on any atom is 0.0540 e. The Hall–Kier alpha value is -7.22. The Morgan fingerprint density at radius 1 is 0.302 bits per heavy atom. The quantitative estimate of drug-likeness (QED) is 0.162. The summed E-state index contributed by atoms with van der Waals surface area (Å²) in [6, 6.07) is 77.4. The molecule has 1 nitrogen and oxygen atoms in total. The van der Waals surface area contributed by atoms with Gasteiger partial charge in [0.15, 0.2) is 0 Å². The summed E-state index contributed by atoms with van der Waals surface area (Å²) in [5.74, 6) is 0. The minimum Gasteiger partial charge on any atom is -0.310 e. The van der Waals surface area contributed by atoms with Crippen molar-refractivity contribution in [1.82, 2.24) is 0 Å². The summed E-state index contributed by atoms with van der Waals surface area (Å²) in [6.45, 7) is 11.9. The predicted octanol–water partition coefficient (Wildman–Crippen LogP) is 16.4. The first kappa shape index (κ1) is 37.5. The zero-order valence-corrected chi connectivity index (χ0v) is 36.6. The summed E-state index contributed by atoms with van der Waals surface area (Å²) in [7, 11) is 0. The van der Waals surface area contributed by atoms with Gasteiger partial charge in [0.05, 0.1) is 5.69 Å². The molecule has 9 aromatic rings. The molecule has 1 unspecified atom stereocenters. The Labute approximate surface area is 372 Å². The third kappa shape index (κ3) is 5.36. The number of benzene rings is 9. The smallest absolute Gasteiger partial charge is 0.0540 e. The fourth-order valence-corrected chi connectivity index (χ4v) is 11.8. The molecule has 12 rings (SSSR count). The Bertz CT molecular complexity index is 3310. The van der Waals surface area contributed by atoms with Crippen LogP contribution in [0.1, 0.15) is 73.6 Å². The second-order valence-electron chi connectivity index (χ2n) is 19.0. The standard InChI is InChI=1S/C62H49N/c1-60(2)53-29-13-9-24-47(53)50-35-33-41(38-56(50)60)45-23-12-16-32-58(45)63(44-34-36-51-48-25-11-15-31-55(48)62(5,57(51)39-44)42-20-7-6-8-21-42)43-22-17-19-40(37-43)46-27-18-28-52-49-26-10-14-30-54(49)61(3,4)59(46)52/h6-39H,1-5H3. The maximum absolute atomic E-state index is 2.52. The molecule has 0 bridgehead atoms. The van der Waals surface area contributed by atoms with Gasteiger partial charge in [0.2, 0.25) is 0 Å². The Morgan fingerprint density at radius 3 is 1.57 bits per heavy atom. The minimum atomic E-state index is -0.331. The van der Waals surface area contributed by atoms with Gasteiger partial charge in [0, 0.05) is 33.2 Å². The van der Waals surface area contributed by atoms with Crippen LogP contribution in [-0.4, -0.2) is 0 Å². The van der Waals surface area contributed by atoms with Gasteiger partial charge in [-0.15, -0.1) is 0 Å². The SMILES string of the molecule is CC1(C)c2ccccc2-c2ccc(-c3ccccc3N(c3cccc(-c4cccc5c4C(C)(C)c4ccccc4-5)c3)c3ccc4c(c3)C(C)(c3ccccc3)c3ccccc3-4)cc21. The van der Waals surface area contributed by atoms with Crippen LogP contribution in [0.2, 0.25) is 0 Å². The number of nitrogens with zero attached hydrogens (tertiary/aromatic N) is 1. The van der Waals surface area contributed by atoms with Crippen LogP contribution in [0, 0.1) is 0 Å². The first-order valence-corrected chi connectivity index (χ1v) is 22.4. The van der Waals surface area contributed by atoms with E-state index in [4.69, 9.17) is 0 Å². The summed E-state index contributed by atoms with van der Waals surface area (Å²) >= 11 is 0. The lowest BCUT2D eigenvalue weighted by Crippen LogP contribution is -2.23. The van der Waals surface area contributed by atoms with Crippen molar-refractivity contribution in [3.63, 3.8) is 0 Å². The Kier molecular flexibility index (Phi) is 8.13. The molecule has 3 aliphatic rings. The summed E-state index contributed by atoms with van der Waals surface area (Å²) in [6.07, 6.45) is 0. The van der Waals surface area contributed by atoms with E-state index in [1.54, 1.807) is 0 Å². The van der Waals surface area contributed by atoms with Gasteiger partial charge in [-0.2, -0.15) is 0 Å². The van der Waals surface area contributed by atoms with E-state index in [0.717, 1.165) is 17.1 Å². The van der Waals surface area contributed by atoms with Crippen LogP contribution in [0.4, 0.5) is 17.1 Å². The zero-order valence-electron chi connectivity index (χ0n) is 36.6. The van der Waals surface area contributed by atoms with Crippen LogP contribution >= 0.6 is 0 Å². The first-order chi connectivity index (χ1) is 30.7. The molecule has 0 fully saturated rings. The molecule has 63 heavy (non-hydrogen) atoms. The number of para-hydroxylation sites is 1. The van der Waals surface area contributed by atoms with Crippen LogP contribution in [0.25, 0.3) is 55.6 Å². The fourth-order valence-electron chi connectivity index (χ4n) is 11.8. The van der Waals surface area contributed by atoms with Crippen molar-refractivity contribution in [3.05, 3.63) is 245 Å². The second kappa shape index (κ2) is 13.6. The van der Waals surface area contributed by atoms with E-state index in [9.17, 15) is 0 Å². The van der Waals surface area contributed by atoms with E-state index in [-0.39, 0.29) is 16.2 Å². The molecule has 0 N–H and O–H groups in total. The molecule has 0 amide bonds. The van der Waals surface area contributed by atoms with Crippen molar-refractivity contribution in [3.8, 4) is 55.6 Å². The van der Waals surface area contributed by atoms with Gasteiger partial charge in [-0.05, 0) is 132 Å². The molecule has 0 heterocycles. The van der Waals surface area contributed by atoms with Crippen molar-refractivity contribution < 1.29 is 0 Å². The highest BCUT2D eigenvalue weighted by Gasteiger charge is 2.42. The summed E-state index contributed by atoms with van der Waals surface area (Å²) < 4.78 is 0. The highest BCUT2D eigenvalue weighted by Crippen LogP contribution is 2.56. The molecule has 0 saturated carbocycles. The molecule has 3 aliphatic carbocycles. The van der Waals surface area contributed by atoms with Crippen molar-refractivity contribution in [2.75, 3.05) is 4.90 Å². The average Bonchev–Trinajstić information content (AvgIpc) is 3.83. The number of hydrogen-bond donors (Lipinski definition) is 0. The Morgan fingerprint density at radius 2 is 0.810 bits per heavy atom. The predicted molar refractivity (Wildman–Crippen MR) is 265 cm³/mol. The molecule has 0 aliphatic heterocycles. The van der Waals surface area contributed by atoms with E-state index in [1.165, 1.54) is 94.6 Å². The van der Waals surface area contributed by atoms with E-state index in [2.05, 4.69) is 246 Å². The third-order valence-electron chi connectivity index (χ3n) is 14.9. The topological polar surface area (TPSA) is 3.24 Å². The van der Waals surface area contributed by atoms with Gasteiger partial charge in [0.1, 0.15) is 0 Å². The monoisotopic (exact) mass is 807 g/mol. The van der Waals surface area contributed by atoms with Crippen LogP contribution in [0.5, 0.6) is 0 Å². The normalized spacial score (nSPS) is 16.7. The van der Waals surface area contributed by atoms with E-state index in [1.807, 2.05) is 0 Å². The summed E-state index contributed by atoms with van der Waals surface area (Å²) in [5, 5.41) is 0. The molecule has 0 radical (unpaired) electrons. The lowest BCUT2D eigenvalue weighted by molar-refractivity contribution is 0.660. The van der Waals surface area contributed by atoms with Crippen molar-refractivity contribution in [2.24, 2.45) is 0 Å². The lowest BCUT2D eigenvalue weighted by atomic mass is 9.74. The molecular formula is C62H49N. The van der Waals surface area contributed by atoms with Gasteiger partial charge in [-0.1, -0.05) is 198 Å². The van der Waals surface area contributed by atoms with Crippen LogP contribution < -0.4 is 4.90 Å². The number of fused-ring (bicyclic) bond motifs is 9. The summed E-state index contributed by atoms with van der Waals surface area (Å²) in [4.78, 5) is 2.52. The van der Waals surface area contributed by atoms with Crippen LogP contribution in [0.15, 0.2) is 206 Å². The van der Waals surface area contributed by atoms with Gasteiger partial charge < -0.3 is 4.90 Å². The molecular weight excluding hydrogens is 759 g/mol. The molecule has 9 aromatic carbocycles. The van der Waals surface area contributed by atoms with Gasteiger partial charge in [-0.3, -0.25) is 0 Å². The fraction of sp³-hybridized carbons (Fsp3) is 0.129. The number of anilines is 3. The third-order valence-corrected chi connectivity index (χ3v) is 14.9. The van der Waals surface area contributed by atoms with Crippen molar-refractivity contribution in [2.45, 2.75) is 50.9 Å². The zero-order chi connectivity index (χ0) is 42.7. The maximum atomic E-state index is 2.52. The molecule has 302 valence electrons. The Balaban J connectivity index is 1.08. The first-order valence-electron chi connectivity index (χ1n) is 22.4. The second-order valence-corrected chi connectivity index (χ2v) is 19.0. The van der Waals surface area contributed by atoms with Gasteiger partial charge in [-0.25, -0.2) is 0 Å². The van der Waals surface area contributed by atoms with Crippen molar-refractivity contribution in [1.29, 1.82) is 0 Å². The van der Waals surface area contributed by atoms with Crippen molar-refractivity contribution >= 4 is 17.1 Å². The number of hydrogen-bond acceptors (Lipinski definition) is 1. The summed E-state index contributed by atoms with van der Waals surface area (Å²) in [5.41, 5.74) is 25.2. The lowest BCUT2D eigenvalue weighted by Gasteiger charge is -2.32. The van der Waals surface area contributed by atoms with E-state index in [0.29, 0.717) is 0 Å². The minimum absolute atomic E-state index is 0.106. The number of rotatable bonds is 6. The molecule has 1 atom stereocenters. The molecule has 0 saturated heterocycles. The molecule has 1 heteroatoms. The highest BCUT2D eigenvalue weighted by atomic mass is 15.1. The largest absolute Gasteiger partial charge is 0.310 e. The molecule has 0 spiro atoms. The molecule has 0 aromatic heterocycles. The van der Waals surface area contributed by atoms with E-state index >= 15 is 0 Å². The van der Waals surface area contributed by atoms with Gasteiger partial charge >= 0.3 is 0 Å². The van der Waals surface area contributed by atoms with Gasteiger partial charge in [0.25, 0.3) is 0 Å². The highest BCUT2D eigenvalue weighted by molar-refractivity contribution is 5.95.